The van der Waals surface area contributed by atoms with Gasteiger partial charge in [0.25, 0.3) is 5.56 Å². The van der Waals surface area contributed by atoms with Crippen molar-refractivity contribution in [3.05, 3.63) is 39.1 Å². The van der Waals surface area contributed by atoms with Crippen LogP contribution in [0.3, 0.4) is 0 Å². The van der Waals surface area contributed by atoms with Gasteiger partial charge in [-0.25, -0.2) is 0 Å². The maximum atomic E-state index is 11.5. The zero-order chi connectivity index (χ0) is 11.0. The number of hydrogen-bond donors (Lipinski definition) is 1. The number of H-pyrrole nitrogens is 1. The quantitative estimate of drug-likeness (QED) is 0.807. The molecule has 0 fully saturated rings. The lowest BCUT2D eigenvalue weighted by Gasteiger charge is -2.08. The van der Waals surface area contributed by atoms with Crippen molar-refractivity contribution >= 4 is 22.5 Å². The van der Waals surface area contributed by atoms with E-state index < -0.39 is 0 Å². The molecule has 1 aromatic heterocycles. The van der Waals surface area contributed by atoms with Crippen LogP contribution in [-0.4, -0.2) is 12.1 Å². The minimum atomic E-state index is -0.137. The van der Waals surface area contributed by atoms with Crippen molar-refractivity contribution in [3.63, 3.8) is 0 Å². The second kappa shape index (κ2) is 3.59. The molecule has 15 heavy (non-hydrogen) atoms. The van der Waals surface area contributed by atoms with Crippen molar-refractivity contribution in [3.8, 4) is 5.75 Å². The van der Waals surface area contributed by atoms with Gasteiger partial charge in [-0.15, -0.1) is 0 Å². The number of ether oxygens (including phenoxy) is 1. The third-order valence-corrected chi connectivity index (χ3v) is 2.59. The van der Waals surface area contributed by atoms with Gasteiger partial charge in [0.15, 0.2) is 0 Å². The standard InChI is InChI=1S/C11H10ClNO2/c1-6-10(15-2)8-5-7(12)3-4-9(8)13-11(6)14/h3-5H,1-2H3,(H,13,14). The van der Waals surface area contributed by atoms with Gasteiger partial charge in [0.1, 0.15) is 5.75 Å². The number of pyridine rings is 1. The molecule has 0 aliphatic carbocycles. The molecule has 4 heteroatoms. The molecule has 0 aliphatic rings. The highest BCUT2D eigenvalue weighted by molar-refractivity contribution is 6.31. The van der Waals surface area contributed by atoms with E-state index in [2.05, 4.69) is 4.98 Å². The molecule has 0 aliphatic heterocycles. The first-order valence-corrected chi connectivity index (χ1v) is 4.87. The normalized spacial score (nSPS) is 10.6. The van der Waals surface area contributed by atoms with Crippen LogP contribution in [0.1, 0.15) is 5.56 Å². The highest BCUT2D eigenvalue weighted by Gasteiger charge is 2.09. The first kappa shape index (κ1) is 10.1. The number of hydrogen-bond acceptors (Lipinski definition) is 2. The van der Waals surface area contributed by atoms with Gasteiger partial charge in [0.2, 0.25) is 0 Å². The Hall–Kier alpha value is -1.48. The predicted octanol–water partition coefficient (Wildman–Crippen LogP) is 2.50. The molecule has 0 atom stereocenters. The van der Waals surface area contributed by atoms with Gasteiger partial charge in [-0.3, -0.25) is 4.79 Å². The Morgan fingerprint density at radius 2 is 2.13 bits per heavy atom. The summed E-state index contributed by atoms with van der Waals surface area (Å²) < 4.78 is 5.22. The van der Waals surface area contributed by atoms with Crippen molar-refractivity contribution in [2.24, 2.45) is 0 Å². The Kier molecular flexibility index (Phi) is 2.40. The number of fused-ring (bicyclic) bond motifs is 1. The van der Waals surface area contributed by atoms with Gasteiger partial charge in [-0.2, -0.15) is 0 Å². The molecule has 0 saturated heterocycles. The van der Waals surface area contributed by atoms with Gasteiger partial charge in [-0.05, 0) is 25.1 Å². The number of methoxy groups -OCH3 is 1. The van der Waals surface area contributed by atoms with Crippen molar-refractivity contribution in [2.45, 2.75) is 6.92 Å². The van der Waals surface area contributed by atoms with E-state index in [1.807, 2.05) is 0 Å². The van der Waals surface area contributed by atoms with Gasteiger partial charge in [0, 0.05) is 10.4 Å². The minimum absolute atomic E-state index is 0.137. The number of aromatic nitrogens is 1. The molecule has 0 amide bonds. The average molecular weight is 224 g/mol. The summed E-state index contributed by atoms with van der Waals surface area (Å²) in [5.74, 6) is 0.580. The topological polar surface area (TPSA) is 42.1 Å². The highest BCUT2D eigenvalue weighted by atomic mass is 35.5. The number of benzene rings is 1. The second-order valence-electron chi connectivity index (χ2n) is 3.30. The van der Waals surface area contributed by atoms with E-state index in [1.165, 1.54) is 0 Å². The van der Waals surface area contributed by atoms with Crippen LogP contribution in [0, 0.1) is 6.92 Å². The lowest BCUT2D eigenvalue weighted by Crippen LogP contribution is -2.11. The van der Waals surface area contributed by atoms with E-state index >= 15 is 0 Å². The van der Waals surface area contributed by atoms with Gasteiger partial charge >= 0.3 is 0 Å². The predicted molar refractivity (Wildman–Crippen MR) is 60.9 cm³/mol. The lowest BCUT2D eigenvalue weighted by molar-refractivity contribution is 0.416. The van der Waals surface area contributed by atoms with Crippen molar-refractivity contribution < 1.29 is 4.74 Å². The molecule has 2 aromatic rings. The van der Waals surface area contributed by atoms with Crippen molar-refractivity contribution in [2.75, 3.05) is 7.11 Å². The summed E-state index contributed by atoms with van der Waals surface area (Å²) in [4.78, 5) is 14.3. The first-order chi connectivity index (χ1) is 7.13. The van der Waals surface area contributed by atoms with Gasteiger partial charge in [0.05, 0.1) is 18.2 Å². The van der Waals surface area contributed by atoms with Crippen LogP contribution in [0.15, 0.2) is 23.0 Å². The molecule has 1 heterocycles. The van der Waals surface area contributed by atoms with Crippen LogP contribution in [0.5, 0.6) is 5.75 Å². The summed E-state index contributed by atoms with van der Waals surface area (Å²) in [7, 11) is 1.54. The van der Waals surface area contributed by atoms with E-state index in [4.69, 9.17) is 16.3 Å². The molecule has 78 valence electrons. The van der Waals surface area contributed by atoms with Crippen LogP contribution >= 0.6 is 11.6 Å². The fraction of sp³-hybridized carbons (Fsp3) is 0.182. The molecule has 1 aromatic carbocycles. The smallest absolute Gasteiger partial charge is 0.255 e. The van der Waals surface area contributed by atoms with Crippen LogP contribution in [-0.2, 0) is 0 Å². The molecule has 0 unspecified atom stereocenters. The third-order valence-electron chi connectivity index (χ3n) is 2.36. The van der Waals surface area contributed by atoms with Crippen LogP contribution in [0.4, 0.5) is 0 Å². The maximum Gasteiger partial charge on any atom is 0.255 e. The number of halogens is 1. The summed E-state index contributed by atoms with van der Waals surface area (Å²) in [5, 5.41) is 1.44. The number of nitrogens with one attached hydrogen (secondary N) is 1. The highest BCUT2D eigenvalue weighted by Crippen LogP contribution is 2.27. The Morgan fingerprint density at radius 1 is 1.40 bits per heavy atom. The van der Waals surface area contributed by atoms with Crippen molar-refractivity contribution in [1.29, 1.82) is 0 Å². The van der Waals surface area contributed by atoms with Crippen LogP contribution in [0.2, 0.25) is 5.02 Å². The Bertz CT molecular complexity index is 575. The van der Waals surface area contributed by atoms with Crippen LogP contribution < -0.4 is 10.3 Å². The molecular formula is C11H10ClNO2. The SMILES string of the molecule is COc1c(C)c(=O)[nH]c2ccc(Cl)cc12. The van der Waals surface area contributed by atoms with Gasteiger partial charge in [-0.1, -0.05) is 11.6 Å². The summed E-state index contributed by atoms with van der Waals surface area (Å²) in [6.45, 7) is 1.72. The van der Waals surface area contributed by atoms with E-state index in [9.17, 15) is 4.79 Å². The summed E-state index contributed by atoms with van der Waals surface area (Å²) >= 11 is 5.89. The zero-order valence-electron chi connectivity index (χ0n) is 8.43. The molecule has 0 spiro atoms. The van der Waals surface area contributed by atoms with E-state index in [1.54, 1.807) is 32.2 Å². The Labute approximate surface area is 91.6 Å². The average Bonchev–Trinajstić information content (AvgIpc) is 2.21. The molecule has 0 radical (unpaired) electrons. The maximum absolute atomic E-state index is 11.5. The molecule has 0 bridgehead atoms. The van der Waals surface area contributed by atoms with E-state index in [0.717, 1.165) is 10.9 Å². The molecule has 3 nitrogen and oxygen atoms in total. The first-order valence-electron chi connectivity index (χ1n) is 4.49. The molecule has 1 N–H and O–H groups in total. The van der Waals surface area contributed by atoms with Crippen molar-refractivity contribution in [1.82, 2.24) is 4.98 Å². The Balaban J connectivity index is 2.95. The number of aromatic amines is 1. The molecular weight excluding hydrogens is 214 g/mol. The largest absolute Gasteiger partial charge is 0.496 e. The minimum Gasteiger partial charge on any atom is -0.496 e. The summed E-state index contributed by atoms with van der Waals surface area (Å²) in [6, 6.07) is 5.27. The summed E-state index contributed by atoms with van der Waals surface area (Å²) in [5.41, 5.74) is 1.15. The molecule has 0 saturated carbocycles. The second-order valence-corrected chi connectivity index (χ2v) is 3.74. The number of rotatable bonds is 1. The van der Waals surface area contributed by atoms with Crippen LogP contribution in [0.25, 0.3) is 10.9 Å². The zero-order valence-corrected chi connectivity index (χ0v) is 9.18. The summed E-state index contributed by atoms with van der Waals surface area (Å²) in [6.07, 6.45) is 0. The Morgan fingerprint density at radius 3 is 2.80 bits per heavy atom. The van der Waals surface area contributed by atoms with E-state index in [0.29, 0.717) is 16.3 Å². The fourth-order valence-corrected chi connectivity index (χ4v) is 1.77. The monoisotopic (exact) mass is 223 g/mol. The fourth-order valence-electron chi connectivity index (χ4n) is 1.60. The lowest BCUT2D eigenvalue weighted by atomic mass is 10.1. The van der Waals surface area contributed by atoms with Gasteiger partial charge < -0.3 is 9.72 Å². The molecule has 2 rings (SSSR count). The van der Waals surface area contributed by atoms with E-state index in [-0.39, 0.29) is 5.56 Å². The third kappa shape index (κ3) is 1.59.